The van der Waals surface area contributed by atoms with Gasteiger partial charge in [0, 0.05) is 12.2 Å². The normalized spacial score (nSPS) is 10.7. The molecule has 0 fully saturated rings. The molecule has 66 valence electrons. The van der Waals surface area contributed by atoms with E-state index in [2.05, 4.69) is 0 Å². The van der Waals surface area contributed by atoms with Gasteiger partial charge in [-0.3, -0.25) is 0 Å². The van der Waals surface area contributed by atoms with Crippen LogP contribution in [0.25, 0.3) is 0 Å². The van der Waals surface area contributed by atoms with E-state index < -0.39 is 6.43 Å². The average Bonchev–Trinajstić information content (AvgIpc) is 2.05. The van der Waals surface area contributed by atoms with E-state index in [1.165, 1.54) is 12.1 Å². The van der Waals surface area contributed by atoms with Crippen LogP contribution in [-0.2, 0) is 6.42 Å². The van der Waals surface area contributed by atoms with Gasteiger partial charge in [-0.25, -0.2) is 8.78 Å². The van der Waals surface area contributed by atoms with E-state index in [0.717, 1.165) is 5.56 Å². The molecule has 0 unspecified atom stereocenters. The Hall–Kier alpha value is -0.960. The smallest absolute Gasteiger partial charge is 0.263 e. The SMILES string of the molecule is OCCc1cccc(C(F)F)c1. The maximum Gasteiger partial charge on any atom is 0.263 e. The molecule has 0 radical (unpaired) electrons. The van der Waals surface area contributed by atoms with Crippen molar-refractivity contribution < 1.29 is 13.9 Å². The van der Waals surface area contributed by atoms with Crippen molar-refractivity contribution in [2.24, 2.45) is 0 Å². The number of aliphatic hydroxyl groups excluding tert-OH is 1. The molecule has 0 atom stereocenters. The molecule has 1 rings (SSSR count). The van der Waals surface area contributed by atoms with Crippen molar-refractivity contribution in [2.45, 2.75) is 12.8 Å². The van der Waals surface area contributed by atoms with Crippen molar-refractivity contribution in [2.75, 3.05) is 6.61 Å². The summed E-state index contributed by atoms with van der Waals surface area (Å²) >= 11 is 0. The highest BCUT2D eigenvalue weighted by Crippen LogP contribution is 2.19. The third-order valence-corrected chi connectivity index (χ3v) is 1.60. The summed E-state index contributed by atoms with van der Waals surface area (Å²) in [6.45, 7) is -0.00725. The molecule has 0 amide bonds. The highest BCUT2D eigenvalue weighted by atomic mass is 19.3. The standard InChI is InChI=1S/C9H10F2O/c10-9(11)8-3-1-2-7(6-8)4-5-12/h1-3,6,9,12H,4-5H2. The summed E-state index contributed by atoms with van der Waals surface area (Å²) in [5.74, 6) is 0. The quantitative estimate of drug-likeness (QED) is 0.740. The van der Waals surface area contributed by atoms with Crippen LogP contribution in [-0.4, -0.2) is 11.7 Å². The van der Waals surface area contributed by atoms with Crippen molar-refractivity contribution in [3.05, 3.63) is 35.4 Å². The van der Waals surface area contributed by atoms with E-state index in [1.807, 2.05) is 0 Å². The van der Waals surface area contributed by atoms with E-state index in [0.29, 0.717) is 6.42 Å². The van der Waals surface area contributed by atoms with Gasteiger partial charge in [0.1, 0.15) is 0 Å². The Kier molecular flexibility index (Phi) is 3.17. The first-order valence-corrected chi connectivity index (χ1v) is 3.72. The molecule has 0 saturated heterocycles. The molecule has 1 aromatic rings. The second-order valence-electron chi connectivity index (χ2n) is 2.52. The van der Waals surface area contributed by atoms with Gasteiger partial charge >= 0.3 is 0 Å². The highest BCUT2D eigenvalue weighted by Gasteiger charge is 2.06. The Morgan fingerprint density at radius 1 is 1.33 bits per heavy atom. The summed E-state index contributed by atoms with van der Waals surface area (Å²) < 4.78 is 24.2. The number of alkyl halides is 2. The van der Waals surface area contributed by atoms with Crippen LogP contribution in [0.15, 0.2) is 24.3 Å². The minimum absolute atomic E-state index is 0.00725. The van der Waals surface area contributed by atoms with Crippen molar-refractivity contribution in [1.29, 1.82) is 0 Å². The fourth-order valence-corrected chi connectivity index (χ4v) is 1.01. The van der Waals surface area contributed by atoms with Gasteiger partial charge in [-0.1, -0.05) is 24.3 Å². The summed E-state index contributed by atoms with van der Waals surface area (Å²) in [5, 5.41) is 8.56. The zero-order valence-electron chi connectivity index (χ0n) is 6.50. The first-order valence-electron chi connectivity index (χ1n) is 3.72. The molecule has 0 spiro atoms. The van der Waals surface area contributed by atoms with E-state index >= 15 is 0 Å². The molecule has 3 heteroatoms. The van der Waals surface area contributed by atoms with E-state index in [4.69, 9.17) is 5.11 Å². The van der Waals surface area contributed by atoms with Gasteiger partial charge < -0.3 is 5.11 Å². The van der Waals surface area contributed by atoms with Gasteiger partial charge in [0.05, 0.1) is 0 Å². The first kappa shape index (κ1) is 9.13. The fraction of sp³-hybridized carbons (Fsp3) is 0.333. The summed E-state index contributed by atoms with van der Waals surface area (Å²) in [4.78, 5) is 0. The van der Waals surface area contributed by atoms with Gasteiger partial charge in [0.15, 0.2) is 0 Å². The van der Waals surface area contributed by atoms with Crippen LogP contribution >= 0.6 is 0 Å². The molecular weight excluding hydrogens is 162 g/mol. The zero-order valence-corrected chi connectivity index (χ0v) is 6.50. The molecule has 0 aliphatic carbocycles. The molecule has 0 aliphatic heterocycles. The number of aliphatic hydroxyl groups is 1. The van der Waals surface area contributed by atoms with Crippen LogP contribution in [0.4, 0.5) is 8.78 Å². The fourth-order valence-electron chi connectivity index (χ4n) is 1.01. The topological polar surface area (TPSA) is 20.2 Å². The Morgan fingerprint density at radius 3 is 2.67 bits per heavy atom. The molecule has 1 aromatic carbocycles. The van der Waals surface area contributed by atoms with Gasteiger partial charge in [0.2, 0.25) is 0 Å². The molecule has 0 aliphatic rings. The predicted molar refractivity (Wildman–Crippen MR) is 42.2 cm³/mol. The lowest BCUT2D eigenvalue weighted by molar-refractivity contribution is 0.151. The van der Waals surface area contributed by atoms with Gasteiger partial charge in [-0.2, -0.15) is 0 Å². The zero-order chi connectivity index (χ0) is 8.97. The highest BCUT2D eigenvalue weighted by molar-refractivity contribution is 5.24. The summed E-state index contributed by atoms with van der Waals surface area (Å²) in [7, 11) is 0. The number of hydrogen-bond donors (Lipinski definition) is 1. The molecule has 0 aromatic heterocycles. The van der Waals surface area contributed by atoms with Gasteiger partial charge in [0.25, 0.3) is 6.43 Å². The Labute approximate surface area is 69.7 Å². The van der Waals surface area contributed by atoms with Crippen molar-refractivity contribution in [3.63, 3.8) is 0 Å². The maximum atomic E-state index is 12.1. The van der Waals surface area contributed by atoms with Crippen molar-refractivity contribution in [3.8, 4) is 0 Å². The van der Waals surface area contributed by atoms with Crippen LogP contribution < -0.4 is 0 Å². The van der Waals surface area contributed by atoms with Crippen molar-refractivity contribution >= 4 is 0 Å². The molecule has 0 heterocycles. The average molecular weight is 172 g/mol. The van der Waals surface area contributed by atoms with Crippen LogP contribution in [0.3, 0.4) is 0 Å². The minimum Gasteiger partial charge on any atom is -0.396 e. The second-order valence-corrected chi connectivity index (χ2v) is 2.52. The lowest BCUT2D eigenvalue weighted by Gasteiger charge is -2.02. The van der Waals surface area contributed by atoms with Crippen molar-refractivity contribution in [1.82, 2.24) is 0 Å². The molecule has 12 heavy (non-hydrogen) atoms. The van der Waals surface area contributed by atoms with E-state index in [1.54, 1.807) is 12.1 Å². The lowest BCUT2D eigenvalue weighted by Crippen LogP contribution is -1.92. The predicted octanol–water partition coefficient (Wildman–Crippen LogP) is 2.16. The third kappa shape index (κ3) is 2.27. The van der Waals surface area contributed by atoms with E-state index in [9.17, 15) is 8.78 Å². The van der Waals surface area contributed by atoms with Crippen LogP contribution in [0.2, 0.25) is 0 Å². The number of halogens is 2. The van der Waals surface area contributed by atoms with E-state index in [-0.39, 0.29) is 12.2 Å². The van der Waals surface area contributed by atoms with Crippen LogP contribution in [0.5, 0.6) is 0 Å². The lowest BCUT2D eigenvalue weighted by atomic mass is 10.1. The maximum absolute atomic E-state index is 12.1. The summed E-state index contributed by atoms with van der Waals surface area (Å²) in [6, 6.07) is 6.10. The Morgan fingerprint density at radius 2 is 2.08 bits per heavy atom. The largest absolute Gasteiger partial charge is 0.396 e. The van der Waals surface area contributed by atoms with Crippen LogP contribution in [0.1, 0.15) is 17.6 Å². The molecule has 1 N–H and O–H groups in total. The van der Waals surface area contributed by atoms with Crippen LogP contribution in [0, 0.1) is 0 Å². The number of benzene rings is 1. The Bertz CT molecular complexity index is 248. The third-order valence-electron chi connectivity index (χ3n) is 1.60. The number of rotatable bonds is 3. The molecular formula is C9H10F2O. The van der Waals surface area contributed by atoms with Gasteiger partial charge in [-0.15, -0.1) is 0 Å². The summed E-state index contributed by atoms with van der Waals surface area (Å²) in [6.07, 6.45) is -2.00. The molecule has 0 saturated carbocycles. The minimum atomic E-state index is -2.43. The molecule has 0 bridgehead atoms. The second kappa shape index (κ2) is 4.16. The first-order chi connectivity index (χ1) is 5.74. The van der Waals surface area contributed by atoms with Gasteiger partial charge in [-0.05, 0) is 12.0 Å². The Balaban J connectivity index is 2.81. The number of hydrogen-bond acceptors (Lipinski definition) is 1. The molecule has 1 nitrogen and oxygen atoms in total. The summed E-state index contributed by atoms with van der Waals surface area (Å²) in [5.41, 5.74) is 0.760. The monoisotopic (exact) mass is 172 g/mol.